The van der Waals surface area contributed by atoms with Crippen molar-refractivity contribution in [2.45, 2.75) is 11.7 Å². The van der Waals surface area contributed by atoms with Crippen LogP contribution >= 0.6 is 35.6 Å². The van der Waals surface area contributed by atoms with Gasteiger partial charge in [-0.3, -0.25) is 4.79 Å². The lowest BCUT2D eigenvalue weighted by Crippen LogP contribution is -2.39. The van der Waals surface area contributed by atoms with Gasteiger partial charge in [0.2, 0.25) is 0 Å². The highest BCUT2D eigenvalue weighted by Gasteiger charge is 2.51. The van der Waals surface area contributed by atoms with E-state index in [0.717, 1.165) is 11.8 Å². The second-order valence-electron chi connectivity index (χ2n) is 3.80. The molecule has 0 aliphatic carbocycles. The Kier molecular flexibility index (Phi) is 3.35. The van der Waals surface area contributed by atoms with Crippen LogP contribution in [0.15, 0.2) is 24.3 Å². The molecule has 1 aliphatic rings. The first-order valence-electron chi connectivity index (χ1n) is 4.93. The average molecular weight is 302 g/mol. The highest BCUT2D eigenvalue weighted by molar-refractivity contribution is 8.24. The number of carbonyl (C=O) groups is 2. The van der Waals surface area contributed by atoms with Crippen LogP contribution in [-0.2, 0) is 9.54 Å². The molecule has 1 aliphatic heterocycles. The standard InChI is InChI=1S/C11H8ClNO3S2/c1-11(6-4-2-3-5-7(6)12)8(14)13(9(15)16)10(17)18-11/h2-5H,1H3,(H,15,16). The van der Waals surface area contributed by atoms with Crippen LogP contribution in [0, 0.1) is 0 Å². The van der Waals surface area contributed by atoms with E-state index in [2.05, 4.69) is 0 Å². The summed E-state index contributed by atoms with van der Waals surface area (Å²) in [7, 11) is 0. The van der Waals surface area contributed by atoms with Crippen LogP contribution in [0.5, 0.6) is 0 Å². The second-order valence-corrected chi connectivity index (χ2v) is 6.26. The van der Waals surface area contributed by atoms with Crippen molar-refractivity contribution in [1.82, 2.24) is 4.90 Å². The number of thiocarbonyl (C=S) groups is 1. The molecular weight excluding hydrogens is 294 g/mol. The Balaban J connectivity index is 2.52. The zero-order chi connectivity index (χ0) is 13.5. The quantitative estimate of drug-likeness (QED) is 0.808. The zero-order valence-electron chi connectivity index (χ0n) is 9.21. The maximum atomic E-state index is 12.2. The molecule has 2 amide bonds. The molecule has 1 unspecified atom stereocenters. The molecule has 0 saturated carbocycles. The number of benzene rings is 1. The van der Waals surface area contributed by atoms with Crippen molar-refractivity contribution in [2.24, 2.45) is 0 Å². The van der Waals surface area contributed by atoms with Gasteiger partial charge in [0.15, 0.2) is 4.32 Å². The van der Waals surface area contributed by atoms with E-state index in [1.807, 2.05) is 0 Å². The first-order chi connectivity index (χ1) is 8.38. The van der Waals surface area contributed by atoms with E-state index in [1.54, 1.807) is 31.2 Å². The molecule has 1 fully saturated rings. The third kappa shape index (κ3) is 1.90. The fraction of sp³-hybridized carbons (Fsp3) is 0.182. The molecule has 1 aromatic rings. The molecule has 7 heteroatoms. The molecule has 0 radical (unpaired) electrons. The summed E-state index contributed by atoms with van der Waals surface area (Å²) in [5, 5.41) is 9.39. The van der Waals surface area contributed by atoms with Crippen molar-refractivity contribution >= 4 is 51.9 Å². The SMILES string of the molecule is CC1(c2ccccc2Cl)SC(=S)N(C(=O)O)C1=O. The van der Waals surface area contributed by atoms with Gasteiger partial charge in [0.1, 0.15) is 4.75 Å². The van der Waals surface area contributed by atoms with Crippen LogP contribution in [0.3, 0.4) is 0 Å². The van der Waals surface area contributed by atoms with Gasteiger partial charge in [0, 0.05) is 5.02 Å². The molecule has 2 rings (SSSR count). The monoisotopic (exact) mass is 301 g/mol. The number of carbonyl (C=O) groups excluding carboxylic acids is 1. The Morgan fingerprint density at radius 1 is 1.50 bits per heavy atom. The summed E-state index contributed by atoms with van der Waals surface area (Å²) in [6, 6.07) is 6.84. The molecule has 1 N–H and O–H groups in total. The summed E-state index contributed by atoms with van der Waals surface area (Å²) in [4.78, 5) is 23.8. The van der Waals surface area contributed by atoms with E-state index < -0.39 is 16.7 Å². The third-order valence-electron chi connectivity index (χ3n) is 2.66. The van der Waals surface area contributed by atoms with Crippen molar-refractivity contribution in [1.29, 1.82) is 0 Å². The van der Waals surface area contributed by atoms with Gasteiger partial charge in [-0.25, -0.2) is 4.79 Å². The van der Waals surface area contributed by atoms with Crippen LogP contribution in [-0.4, -0.2) is 26.3 Å². The molecule has 0 bridgehead atoms. The smallest absolute Gasteiger partial charge is 0.419 e. The van der Waals surface area contributed by atoms with E-state index in [0.29, 0.717) is 15.5 Å². The number of nitrogens with zero attached hydrogens (tertiary/aromatic N) is 1. The predicted molar refractivity (Wildman–Crippen MR) is 73.9 cm³/mol. The summed E-state index contributed by atoms with van der Waals surface area (Å²) in [5.74, 6) is -0.585. The summed E-state index contributed by atoms with van der Waals surface area (Å²) < 4.78 is -1.07. The maximum Gasteiger partial charge on any atom is 0.419 e. The molecule has 4 nitrogen and oxygen atoms in total. The number of carboxylic acid groups (broad SMARTS) is 1. The van der Waals surface area contributed by atoms with Crippen molar-refractivity contribution in [3.8, 4) is 0 Å². The molecule has 1 aromatic carbocycles. The van der Waals surface area contributed by atoms with E-state index in [4.69, 9.17) is 28.9 Å². The van der Waals surface area contributed by atoms with Gasteiger partial charge < -0.3 is 5.11 Å². The normalized spacial score (nSPS) is 23.6. The molecule has 1 heterocycles. The minimum absolute atomic E-state index is 0.0231. The molecule has 0 aromatic heterocycles. The fourth-order valence-electron chi connectivity index (χ4n) is 1.74. The number of rotatable bonds is 1. The van der Waals surface area contributed by atoms with Crippen LogP contribution < -0.4 is 0 Å². The van der Waals surface area contributed by atoms with Crippen LogP contribution in [0.4, 0.5) is 4.79 Å². The van der Waals surface area contributed by atoms with Gasteiger partial charge in [0.25, 0.3) is 5.91 Å². The van der Waals surface area contributed by atoms with Crippen molar-refractivity contribution in [3.05, 3.63) is 34.9 Å². The lowest BCUT2D eigenvalue weighted by atomic mass is 9.99. The minimum atomic E-state index is -1.37. The number of hydrogen-bond donors (Lipinski definition) is 1. The first-order valence-corrected chi connectivity index (χ1v) is 6.53. The molecule has 18 heavy (non-hydrogen) atoms. The molecule has 1 atom stereocenters. The molecule has 94 valence electrons. The topological polar surface area (TPSA) is 57.6 Å². The van der Waals surface area contributed by atoms with E-state index in [1.165, 1.54) is 0 Å². The number of amides is 2. The first kappa shape index (κ1) is 13.3. The van der Waals surface area contributed by atoms with Crippen LogP contribution in [0.2, 0.25) is 5.02 Å². The lowest BCUT2D eigenvalue weighted by molar-refractivity contribution is -0.127. The molecular formula is C11H8ClNO3S2. The van der Waals surface area contributed by atoms with Crippen molar-refractivity contribution < 1.29 is 14.7 Å². The largest absolute Gasteiger partial charge is 0.464 e. The van der Waals surface area contributed by atoms with Gasteiger partial charge in [0.05, 0.1) is 0 Å². The maximum absolute atomic E-state index is 12.2. The summed E-state index contributed by atoms with van der Waals surface area (Å²) in [5.41, 5.74) is 0.563. The van der Waals surface area contributed by atoms with E-state index >= 15 is 0 Å². The van der Waals surface area contributed by atoms with Gasteiger partial charge in [-0.15, -0.1) is 0 Å². The number of halogens is 1. The second kappa shape index (κ2) is 4.53. The molecule has 0 spiro atoms. The highest BCUT2D eigenvalue weighted by atomic mass is 35.5. The van der Waals surface area contributed by atoms with Crippen molar-refractivity contribution in [3.63, 3.8) is 0 Å². The minimum Gasteiger partial charge on any atom is -0.464 e. The number of hydrogen-bond acceptors (Lipinski definition) is 4. The van der Waals surface area contributed by atoms with Crippen LogP contribution in [0.25, 0.3) is 0 Å². The van der Waals surface area contributed by atoms with E-state index in [-0.39, 0.29) is 4.32 Å². The highest BCUT2D eigenvalue weighted by Crippen LogP contribution is 2.47. The number of thioether (sulfide) groups is 1. The lowest BCUT2D eigenvalue weighted by Gasteiger charge is -2.21. The van der Waals surface area contributed by atoms with Crippen molar-refractivity contribution in [2.75, 3.05) is 0 Å². The Morgan fingerprint density at radius 2 is 2.11 bits per heavy atom. The Labute approximate surface area is 118 Å². The van der Waals surface area contributed by atoms with Crippen LogP contribution in [0.1, 0.15) is 12.5 Å². The summed E-state index contributed by atoms with van der Waals surface area (Å²) in [6.45, 7) is 1.62. The van der Waals surface area contributed by atoms with E-state index in [9.17, 15) is 9.59 Å². The van der Waals surface area contributed by atoms with Gasteiger partial charge >= 0.3 is 6.09 Å². The zero-order valence-corrected chi connectivity index (χ0v) is 11.6. The fourth-order valence-corrected chi connectivity index (χ4v) is 3.85. The number of imide groups is 1. The van der Waals surface area contributed by atoms with Gasteiger partial charge in [-0.05, 0) is 18.6 Å². The molecule has 1 saturated heterocycles. The Morgan fingerprint density at radius 3 is 2.61 bits per heavy atom. The van der Waals surface area contributed by atoms with Gasteiger partial charge in [-0.1, -0.05) is 53.8 Å². The third-order valence-corrected chi connectivity index (χ3v) is 4.59. The predicted octanol–water partition coefficient (Wildman–Crippen LogP) is 3.09. The Bertz CT molecular complexity index is 563. The Hall–Kier alpha value is -1.11. The van der Waals surface area contributed by atoms with Gasteiger partial charge in [-0.2, -0.15) is 4.90 Å². The summed E-state index contributed by atoms with van der Waals surface area (Å²) in [6.07, 6.45) is -1.37. The summed E-state index contributed by atoms with van der Waals surface area (Å²) >= 11 is 12.0. The average Bonchev–Trinajstić information content (AvgIpc) is 2.50.